The van der Waals surface area contributed by atoms with Crippen molar-refractivity contribution in [2.75, 3.05) is 6.61 Å². The molecule has 1 aliphatic rings. The number of thiophene rings is 1. The van der Waals surface area contributed by atoms with Gasteiger partial charge in [0.25, 0.3) is 5.22 Å². The molecule has 3 rings (SSSR count). The van der Waals surface area contributed by atoms with E-state index in [0.29, 0.717) is 30.6 Å². The third-order valence-electron chi connectivity index (χ3n) is 2.48. The van der Waals surface area contributed by atoms with Crippen molar-refractivity contribution in [1.29, 1.82) is 0 Å². The summed E-state index contributed by atoms with van der Waals surface area (Å²) in [7, 11) is 0. The number of esters is 1. The fraction of sp³-hybridized carbons (Fsp3) is 0.364. The number of aromatic nitrogens is 2. The van der Waals surface area contributed by atoms with Crippen molar-refractivity contribution in [2.24, 2.45) is 0 Å². The first-order valence-corrected chi connectivity index (χ1v) is 7.25. The van der Waals surface area contributed by atoms with Crippen LogP contribution in [0.15, 0.2) is 27.2 Å². The molecule has 3 heterocycles. The smallest absolute Gasteiger partial charge is 0.319 e. The van der Waals surface area contributed by atoms with Crippen LogP contribution < -0.4 is 0 Å². The topological polar surface area (TPSA) is 65.2 Å². The second-order valence-corrected chi connectivity index (χ2v) is 5.97. The van der Waals surface area contributed by atoms with Gasteiger partial charge in [-0.3, -0.25) is 4.79 Å². The number of ether oxygens (including phenoxy) is 1. The highest BCUT2D eigenvalue weighted by atomic mass is 32.2. The molecular weight excluding hydrogens is 272 g/mol. The number of rotatable bonds is 4. The number of carbonyl (C=O) groups excluding carboxylic acids is 1. The normalized spacial score (nSPS) is 19.1. The first-order chi connectivity index (χ1) is 8.81. The Bertz CT molecular complexity index is 538. The molecule has 0 unspecified atom stereocenters. The van der Waals surface area contributed by atoms with Crippen molar-refractivity contribution >= 4 is 29.1 Å². The number of hydrogen-bond donors (Lipinski definition) is 0. The quantitative estimate of drug-likeness (QED) is 0.800. The molecule has 1 atom stereocenters. The lowest BCUT2D eigenvalue weighted by Gasteiger charge is -1.98. The standard InChI is InChI=1S/C11H10N2O3S2/c14-10-8(3-4-15-10)18-11-13-12-9(16-11)6-7-2-1-5-17-7/h1-2,5,8H,3-4,6H2/t8-/m1/s1. The van der Waals surface area contributed by atoms with Gasteiger partial charge in [0.1, 0.15) is 5.25 Å². The second-order valence-electron chi connectivity index (χ2n) is 3.78. The fourth-order valence-electron chi connectivity index (χ4n) is 1.63. The summed E-state index contributed by atoms with van der Waals surface area (Å²) in [6.07, 6.45) is 1.34. The van der Waals surface area contributed by atoms with E-state index in [4.69, 9.17) is 9.15 Å². The van der Waals surface area contributed by atoms with E-state index in [-0.39, 0.29) is 11.2 Å². The summed E-state index contributed by atoms with van der Waals surface area (Å²) in [4.78, 5) is 12.5. The van der Waals surface area contributed by atoms with Crippen LogP contribution in [0.1, 0.15) is 17.2 Å². The van der Waals surface area contributed by atoms with Crippen LogP contribution in [0.3, 0.4) is 0 Å². The van der Waals surface area contributed by atoms with Crippen molar-refractivity contribution in [3.05, 3.63) is 28.3 Å². The van der Waals surface area contributed by atoms with E-state index in [1.807, 2.05) is 17.5 Å². The summed E-state index contributed by atoms with van der Waals surface area (Å²) in [6, 6.07) is 4.01. The molecule has 0 N–H and O–H groups in total. The van der Waals surface area contributed by atoms with Gasteiger partial charge in [-0.25, -0.2) is 0 Å². The first kappa shape index (κ1) is 11.7. The number of hydrogen-bond acceptors (Lipinski definition) is 7. The molecule has 5 nitrogen and oxygen atoms in total. The lowest BCUT2D eigenvalue weighted by atomic mass is 10.3. The molecule has 2 aromatic rings. The van der Waals surface area contributed by atoms with Gasteiger partial charge >= 0.3 is 5.97 Å². The van der Waals surface area contributed by atoms with Crippen LogP contribution in [0.25, 0.3) is 0 Å². The van der Waals surface area contributed by atoms with Crippen molar-refractivity contribution < 1.29 is 13.9 Å². The van der Waals surface area contributed by atoms with Crippen LogP contribution in [0, 0.1) is 0 Å². The van der Waals surface area contributed by atoms with Gasteiger partial charge in [0.05, 0.1) is 13.0 Å². The number of cyclic esters (lactones) is 1. The molecule has 7 heteroatoms. The third-order valence-corrected chi connectivity index (χ3v) is 4.44. The van der Waals surface area contributed by atoms with Crippen LogP contribution in [0.2, 0.25) is 0 Å². The van der Waals surface area contributed by atoms with E-state index in [1.54, 1.807) is 11.3 Å². The molecule has 0 saturated carbocycles. The van der Waals surface area contributed by atoms with Crippen LogP contribution in [-0.4, -0.2) is 28.0 Å². The summed E-state index contributed by atoms with van der Waals surface area (Å²) in [5.41, 5.74) is 0. The molecule has 18 heavy (non-hydrogen) atoms. The van der Waals surface area contributed by atoms with E-state index in [9.17, 15) is 4.79 Å². The summed E-state index contributed by atoms with van der Waals surface area (Å²) in [6.45, 7) is 0.479. The molecule has 0 spiro atoms. The van der Waals surface area contributed by atoms with E-state index >= 15 is 0 Å². The molecule has 1 saturated heterocycles. The molecule has 0 aromatic carbocycles. The minimum Gasteiger partial charge on any atom is -0.465 e. The van der Waals surface area contributed by atoms with Gasteiger partial charge in [0, 0.05) is 11.3 Å². The van der Waals surface area contributed by atoms with Crippen LogP contribution >= 0.6 is 23.1 Å². The Morgan fingerprint density at radius 1 is 1.50 bits per heavy atom. The van der Waals surface area contributed by atoms with Gasteiger partial charge < -0.3 is 9.15 Å². The third kappa shape index (κ3) is 2.56. The Balaban J connectivity index is 1.64. The zero-order chi connectivity index (χ0) is 12.4. The average Bonchev–Trinajstić information content (AvgIpc) is 3.06. The van der Waals surface area contributed by atoms with Crippen LogP contribution in [0.4, 0.5) is 0 Å². The summed E-state index contributed by atoms with van der Waals surface area (Å²) >= 11 is 2.93. The predicted octanol–water partition coefficient (Wildman–Crippen LogP) is 2.13. The van der Waals surface area contributed by atoms with Crippen molar-refractivity contribution in [3.63, 3.8) is 0 Å². The van der Waals surface area contributed by atoms with E-state index < -0.39 is 0 Å². The number of nitrogens with zero attached hydrogens (tertiary/aromatic N) is 2. The summed E-state index contributed by atoms with van der Waals surface area (Å²) in [5.74, 6) is 0.379. The first-order valence-electron chi connectivity index (χ1n) is 5.49. The maximum Gasteiger partial charge on any atom is 0.319 e. The predicted molar refractivity (Wildman–Crippen MR) is 66.6 cm³/mol. The van der Waals surface area contributed by atoms with E-state index in [0.717, 1.165) is 0 Å². The zero-order valence-corrected chi connectivity index (χ0v) is 11.0. The highest BCUT2D eigenvalue weighted by Crippen LogP contribution is 2.28. The van der Waals surface area contributed by atoms with Gasteiger partial charge in [-0.2, -0.15) is 0 Å². The van der Waals surface area contributed by atoms with Gasteiger partial charge in [-0.05, 0) is 23.2 Å². The van der Waals surface area contributed by atoms with Crippen LogP contribution in [0.5, 0.6) is 0 Å². The minimum atomic E-state index is -0.208. The second kappa shape index (κ2) is 5.11. The molecule has 0 amide bonds. The SMILES string of the molecule is O=C1OCC[C@H]1Sc1nnc(Cc2cccs2)o1. The lowest BCUT2D eigenvalue weighted by molar-refractivity contribution is -0.137. The zero-order valence-electron chi connectivity index (χ0n) is 9.37. The van der Waals surface area contributed by atoms with E-state index in [2.05, 4.69) is 10.2 Å². The highest BCUT2D eigenvalue weighted by Gasteiger charge is 2.29. The molecular formula is C11H10N2O3S2. The number of thioether (sulfide) groups is 1. The summed E-state index contributed by atoms with van der Waals surface area (Å²) < 4.78 is 10.4. The van der Waals surface area contributed by atoms with Crippen molar-refractivity contribution in [1.82, 2.24) is 10.2 Å². The van der Waals surface area contributed by atoms with E-state index in [1.165, 1.54) is 16.6 Å². The Kier molecular flexibility index (Phi) is 3.33. The lowest BCUT2D eigenvalue weighted by Crippen LogP contribution is -2.09. The van der Waals surface area contributed by atoms with Crippen molar-refractivity contribution in [3.8, 4) is 0 Å². The Hall–Kier alpha value is -1.34. The largest absolute Gasteiger partial charge is 0.465 e. The van der Waals surface area contributed by atoms with Crippen LogP contribution in [-0.2, 0) is 16.0 Å². The molecule has 0 radical (unpaired) electrons. The van der Waals surface area contributed by atoms with Gasteiger partial charge in [0.2, 0.25) is 5.89 Å². The average molecular weight is 282 g/mol. The Morgan fingerprint density at radius 2 is 2.44 bits per heavy atom. The Morgan fingerprint density at radius 3 is 3.17 bits per heavy atom. The van der Waals surface area contributed by atoms with Crippen molar-refractivity contribution in [2.45, 2.75) is 23.3 Å². The molecule has 1 fully saturated rings. The molecule has 94 valence electrons. The maximum absolute atomic E-state index is 11.3. The van der Waals surface area contributed by atoms with Gasteiger partial charge in [-0.15, -0.1) is 21.5 Å². The maximum atomic E-state index is 11.3. The monoisotopic (exact) mass is 282 g/mol. The summed E-state index contributed by atoms with van der Waals surface area (Å²) in [5, 5.41) is 10.2. The highest BCUT2D eigenvalue weighted by molar-refractivity contribution is 8.00. The van der Waals surface area contributed by atoms with Gasteiger partial charge in [-0.1, -0.05) is 6.07 Å². The molecule has 0 bridgehead atoms. The Labute approximate surface area is 112 Å². The van der Waals surface area contributed by atoms with Gasteiger partial charge in [0.15, 0.2) is 0 Å². The fourth-order valence-corrected chi connectivity index (χ4v) is 3.18. The molecule has 1 aliphatic heterocycles. The minimum absolute atomic E-state index is 0.196. The molecule has 0 aliphatic carbocycles. The molecule has 2 aromatic heterocycles. The number of carbonyl (C=O) groups is 1.